The third-order valence-electron chi connectivity index (χ3n) is 4.94. The van der Waals surface area contributed by atoms with Crippen LogP contribution < -0.4 is 0 Å². The van der Waals surface area contributed by atoms with Crippen LogP contribution in [0.4, 0.5) is 5.69 Å². The predicted octanol–water partition coefficient (Wildman–Crippen LogP) is 3.03. The zero-order valence-corrected chi connectivity index (χ0v) is 12.8. The van der Waals surface area contributed by atoms with Gasteiger partial charge in [0, 0.05) is 17.9 Å². The highest BCUT2D eigenvalue weighted by Crippen LogP contribution is 2.40. The van der Waals surface area contributed by atoms with Gasteiger partial charge >= 0.3 is 5.97 Å². The lowest BCUT2D eigenvalue weighted by Gasteiger charge is -2.36. The molecule has 0 aliphatic heterocycles. The number of ketones is 1. The molecule has 2 aliphatic carbocycles. The van der Waals surface area contributed by atoms with Gasteiger partial charge in [0.25, 0.3) is 5.69 Å². The van der Waals surface area contributed by atoms with Crippen LogP contribution >= 0.6 is 0 Å². The highest BCUT2D eigenvalue weighted by Gasteiger charge is 2.41. The van der Waals surface area contributed by atoms with Gasteiger partial charge in [-0.15, -0.1) is 0 Å². The zero-order chi connectivity index (χ0) is 16.4. The van der Waals surface area contributed by atoms with Crippen molar-refractivity contribution >= 4 is 17.4 Å². The molecule has 1 aromatic carbocycles. The molecule has 0 spiro atoms. The van der Waals surface area contributed by atoms with Crippen LogP contribution in [0.3, 0.4) is 0 Å². The van der Waals surface area contributed by atoms with Gasteiger partial charge in [-0.05, 0) is 31.7 Å². The standard InChI is InChI=1S/C17H19NO5/c19-16-11-5-3-6-12(16)9-14(8-11)17(20)23-10-13-4-1-2-7-15(13)18(21)22/h1-2,4,7,11-12,14H,3,5-6,8-10H2. The maximum atomic E-state index is 12.3. The summed E-state index contributed by atoms with van der Waals surface area (Å²) in [4.78, 5) is 34.8. The first-order chi connectivity index (χ1) is 11.1. The zero-order valence-electron chi connectivity index (χ0n) is 12.8. The van der Waals surface area contributed by atoms with E-state index in [1.54, 1.807) is 18.2 Å². The van der Waals surface area contributed by atoms with Crippen molar-refractivity contribution in [1.82, 2.24) is 0 Å². The second kappa shape index (κ2) is 6.48. The third kappa shape index (κ3) is 3.25. The highest BCUT2D eigenvalue weighted by molar-refractivity contribution is 5.87. The minimum absolute atomic E-state index is 0.00823. The first-order valence-corrected chi connectivity index (χ1v) is 7.99. The van der Waals surface area contributed by atoms with Crippen LogP contribution in [0, 0.1) is 27.9 Å². The summed E-state index contributed by atoms with van der Waals surface area (Å²) in [6.07, 6.45) is 3.90. The number of Topliss-reactive ketones (excluding diaryl/α,β-unsaturated/α-hetero) is 1. The van der Waals surface area contributed by atoms with E-state index >= 15 is 0 Å². The number of nitro benzene ring substituents is 1. The van der Waals surface area contributed by atoms with E-state index in [0.29, 0.717) is 24.2 Å². The number of carbonyl (C=O) groups is 2. The number of benzene rings is 1. The molecule has 0 saturated heterocycles. The molecule has 2 atom stereocenters. The Kier molecular flexibility index (Phi) is 4.41. The van der Waals surface area contributed by atoms with Gasteiger partial charge in [0.05, 0.1) is 16.4 Å². The van der Waals surface area contributed by atoms with Crippen LogP contribution in [0.5, 0.6) is 0 Å². The molecule has 0 amide bonds. The Morgan fingerprint density at radius 1 is 1.22 bits per heavy atom. The van der Waals surface area contributed by atoms with Gasteiger partial charge in [-0.1, -0.05) is 18.6 Å². The van der Waals surface area contributed by atoms with Gasteiger partial charge in [-0.3, -0.25) is 19.7 Å². The third-order valence-corrected chi connectivity index (χ3v) is 4.94. The first-order valence-electron chi connectivity index (χ1n) is 7.99. The normalized spacial score (nSPS) is 26.6. The van der Waals surface area contributed by atoms with Crippen LogP contribution in [0.1, 0.15) is 37.7 Å². The van der Waals surface area contributed by atoms with E-state index in [9.17, 15) is 19.7 Å². The average molecular weight is 317 g/mol. The maximum Gasteiger partial charge on any atom is 0.309 e. The van der Waals surface area contributed by atoms with Crippen LogP contribution in [0.25, 0.3) is 0 Å². The number of carbonyl (C=O) groups excluding carboxylic acids is 2. The number of rotatable bonds is 4. The van der Waals surface area contributed by atoms with E-state index in [2.05, 4.69) is 0 Å². The molecule has 6 nitrogen and oxygen atoms in total. The van der Waals surface area contributed by atoms with Crippen molar-refractivity contribution in [3.8, 4) is 0 Å². The van der Waals surface area contributed by atoms with Gasteiger partial charge in [0.2, 0.25) is 0 Å². The average Bonchev–Trinajstić information content (AvgIpc) is 2.52. The molecule has 23 heavy (non-hydrogen) atoms. The number of hydrogen-bond donors (Lipinski definition) is 0. The Morgan fingerprint density at radius 3 is 2.52 bits per heavy atom. The Bertz CT molecular complexity index is 626. The minimum atomic E-state index is -0.479. The molecule has 2 fully saturated rings. The van der Waals surface area contributed by atoms with Crippen LogP contribution in [-0.4, -0.2) is 16.7 Å². The second-order valence-electron chi connectivity index (χ2n) is 6.39. The SMILES string of the molecule is O=C(OCc1ccccc1[N+](=O)[O-])C1CC2CCCC(C1)C2=O. The molecule has 3 rings (SSSR count). The number of para-hydroxylation sites is 1. The van der Waals surface area contributed by atoms with Gasteiger partial charge in [-0.25, -0.2) is 0 Å². The van der Waals surface area contributed by atoms with Crippen LogP contribution in [-0.2, 0) is 20.9 Å². The van der Waals surface area contributed by atoms with Crippen molar-refractivity contribution in [2.45, 2.75) is 38.7 Å². The highest BCUT2D eigenvalue weighted by atomic mass is 16.6. The van der Waals surface area contributed by atoms with E-state index in [1.165, 1.54) is 6.07 Å². The van der Waals surface area contributed by atoms with Crippen molar-refractivity contribution in [3.63, 3.8) is 0 Å². The Hall–Kier alpha value is -2.24. The molecule has 2 aliphatic rings. The largest absolute Gasteiger partial charge is 0.460 e. The minimum Gasteiger partial charge on any atom is -0.460 e. The molecule has 2 saturated carbocycles. The quantitative estimate of drug-likeness (QED) is 0.484. The summed E-state index contributed by atoms with van der Waals surface area (Å²) in [6, 6.07) is 6.24. The second-order valence-corrected chi connectivity index (χ2v) is 6.39. The number of esters is 1. The summed E-state index contributed by atoms with van der Waals surface area (Å²) in [6.45, 7) is -0.101. The lowest BCUT2D eigenvalue weighted by atomic mass is 9.67. The fraction of sp³-hybridized carbons (Fsp3) is 0.529. The lowest BCUT2D eigenvalue weighted by molar-refractivity contribution is -0.385. The molecular formula is C17H19NO5. The van der Waals surface area contributed by atoms with Crippen molar-refractivity contribution in [2.24, 2.45) is 17.8 Å². The molecule has 2 bridgehead atoms. The molecule has 0 N–H and O–H groups in total. The van der Waals surface area contributed by atoms with Crippen molar-refractivity contribution < 1.29 is 19.2 Å². The number of fused-ring (bicyclic) bond motifs is 2. The van der Waals surface area contributed by atoms with Crippen molar-refractivity contribution in [3.05, 3.63) is 39.9 Å². The van der Waals surface area contributed by atoms with Gasteiger partial charge in [-0.2, -0.15) is 0 Å². The fourth-order valence-corrected chi connectivity index (χ4v) is 3.75. The van der Waals surface area contributed by atoms with E-state index in [-0.39, 0.29) is 36.0 Å². The van der Waals surface area contributed by atoms with Gasteiger partial charge in [0.1, 0.15) is 12.4 Å². The summed E-state index contributed by atoms with van der Waals surface area (Å²) in [5, 5.41) is 11.0. The number of nitrogens with zero attached hydrogens (tertiary/aromatic N) is 1. The smallest absolute Gasteiger partial charge is 0.309 e. The summed E-state index contributed by atoms with van der Waals surface area (Å²) >= 11 is 0. The molecule has 0 radical (unpaired) electrons. The summed E-state index contributed by atoms with van der Waals surface area (Å²) in [5.41, 5.74) is 0.342. The van der Waals surface area contributed by atoms with E-state index in [4.69, 9.17) is 4.74 Å². The van der Waals surface area contributed by atoms with E-state index < -0.39 is 4.92 Å². The Balaban J connectivity index is 1.62. The molecule has 2 unspecified atom stereocenters. The Morgan fingerprint density at radius 2 is 1.87 bits per heavy atom. The van der Waals surface area contributed by atoms with Gasteiger partial charge < -0.3 is 4.74 Å². The van der Waals surface area contributed by atoms with Gasteiger partial charge in [0.15, 0.2) is 0 Å². The topological polar surface area (TPSA) is 86.5 Å². The van der Waals surface area contributed by atoms with Crippen LogP contribution in [0.15, 0.2) is 24.3 Å². The summed E-state index contributed by atoms with van der Waals surface area (Å²) in [7, 11) is 0. The van der Waals surface area contributed by atoms with Crippen molar-refractivity contribution in [1.29, 1.82) is 0 Å². The Labute approximate surface area is 134 Å². The summed E-state index contributed by atoms with van der Waals surface area (Å²) < 4.78 is 5.30. The number of nitro groups is 1. The first kappa shape index (κ1) is 15.6. The van der Waals surface area contributed by atoms with Crippen LogP contribution in [0.2, 0.25) is 0 Å². The monoisotopic (exact) mass is 317 g/mol. The van der Waals surface area contributed by atoms with Crippen molar-refractivity contribution in [2.75, 3.05) is 0 Å². The predicted molar refractivity (Wildman–Crippen MR) is 81.5 cm³/mol. The number of ether oxygens (including phenoxy) is 1. The maximum absolute atomic E-state index is 12.3. The summed E-state index contributed by atoms with van der Waals surface area (Å²) in [5.74, 6) is -0.311. The molecule has 0 aromatic heterocycles. The number of hydrogen-bond acceptors (Lipinski definition) is 5. The molecule has 1 aromatic rings. The molecule has 0 heterocycles. The fourth-order valence-electron chi connectivity index (χ4n) is 3.75. The van der Waals surface area contributed by atoms with E-state index in [0.717, 1.165) is 19.3 Å². The molecule has 122 valence electrons. The molecule has 6 heteroatoms. The van der Waals surface area contributed by atoms with E-state index in [1.807, 2.05) is 0 Å². The molecular weight excluding hydrogens is 298 g/mol. The lowest BCUT2D eigenvalue weighted by Crippen LogP contribution is -2.39.